The van der Waals surface area contributed by atoms with Gasteiger partial charge >= 0.3 is 0 Å². The number of nitrogens with one attached hydrogen (secondary N) is 1. The van der Waals surface area contributed by atoms with Gasteiger partial charge in [0.2, 0.25) is 0 Å². The average Bonchev–Trinajstić information content (AvgIpc) is 2.88. The Bertz CT molecular complexity index is 718. The minimum absolute atomic E-state index is 0.708. The van der Waals surface area contributed by atoms with E-state index < -0.39 is 0 Å². The molecule has 1 aromatic heterocycles. The zero-order chi connectivity index (χ0) is 13.2. The zero-order valence-corrected chi connectivity index (χ0v) is 11.4. The van der Waals surface area contributed by atoms with Gasteiger partial charge in [-0.05, 0) is 30.1 Å². The van der Waals surface area contributed by atoms with Crippen molar-refractivity contribution in [2.24, 2.45) is 0 Å². The lowest BCUT2D eigenvalue weighted by Crippen LogP contribution is -2.04. The first kappa shape index (κ1) is 12.3. The van der Waals surface area contributed by atoms with Crippen molar-refractivity contribution in [2.45, 2.75) is 6.54 Å². The molecule has 2 aromatic carbocycles. The van der Waals surface area contributed by atoms with Gasteiger partial charge in [0.25, 0.3) is 0 Å². The van der Waals surface area contributed by atoms with E-state index in [2.05, 4.69) is 17.4 Å². The number of furan rings is 1. The molecule has 0 radical (unpaired) electrons. The van der Waals surface area contributed by atoms with E-state index in [0.717, 1.165) is 32.7 Å². The van der Waals surface area contributed by atoms with Crippen molar-refractivity contribution < 1.29 is 4.42 Å². The van der Waals surface area contributed by atoms with Crippen LogP contribution in [0.2, 0.25) is 5.02 Å². The maximum atomic E-state index is 6.26. The largest absolute Gasteiger partial charge is 0.467 e. The Morgan fingerprint density at radius 1 is 1.00 bits per heavy atom. The Balaban J connectivity index is 2.25. The first-order valence-electron chi connectivity index (χ1n) is 6.20. The van der Waals surface area contributed by atoms with Crippen LogP contribution in [0.1, 0.15) is 5.76 Å². The number of hydrogen-bond acceptors (Lipinski definition) is 2. The van der Waals surface area contributed by atoms with Gasteiger partial charge in [0.05, 0.1) is 12.8 Å². The molecule has 3 aromatic rings. The standard InChI is InChI=1S/C16H14ClNO/c1-18-10-16-14(8-9-19-16)12-6-7-15(17)13-5-3-2-4-11(12)13/h2-9,18H,10H2,1H3. The van der Waals surface area contributed by atoms with Crippen LogP contribution in [0, 0.1) is 0 Å². The summed E-state index contributed by atoms with van der Waals surface area (Å²) in [5.41, 5.74) is 2.27. The highest BCUT2D eigenvalue weighted by atomic mass is 35.5. The minimum atomic E-state index is 0.708. The fourth-order valence-corrected chi connectivity index (χ4v) is 2.60. The van der Waals surface area contributed by atoms with Crippen LogP contribution in [0.4, 0.5) is 0 Å². The number of fused-ring (bicyclic) bond motifs is 1. The van der Waals surface area contributed by atoms with Crippen molar-refractivity contribution >= 4 is 22.4 Å². The van der Waals surface area contributed by atoms with Gasteiger partial charge in [0.1, 0.15) is 5.76 Å². The van der Waals surface area contributed by atoms with Gasteiger partial charge in [-0.15, -0.1) is 0 Å². The second kappa shape index (κ2) is 5.08. The molecule has 0 aliphatic rings. The molecule has 96 valence electrons. The molecule has 0 atom stereocenters. The van der Waals surface area contributed by atoms with E-state index in [1.807, 2.05) is 37.4 Å². The van der Waals surface area contributed by atoms with Crippen molar-refractivity contribution in [3.8, 4) is 11.1 Å². The fraction of sp³-hybridized carbons (Fsp3) is 0.125. The molecule has 3 rings (SSSR count). The molecular formula is C16H14ClNO. The molecule has 0 aliphatic carbocycles. The average molecular weight is 272 g/mol. The van der Waals surface area contributed by atoms with Crippen LogP contribution in [0.25, 0.3) is 21.9 Å². The van der Waals surface area contributed by atoms with Crippen LogP contribution < -0.4 is 5.32 Å². The smallest absolute Gasteiger partial charge is 0.125 e. The van der Waals surface area contributed by atoms with Gasteiger partial charge < -0.3 is 9.73 Å². The summed E-state index contributed by atoms with van der Waals surface area (Å²) in [6.45, 7) is 0.708. The Labute approximate surface area is 117 Å². The van der Waals surface area contributed by atoms with Gasteiger partial charge in [-0.2, -0.15) is 0 Å². The first-order chi connectivity index (χ1) is 9.31. The number of hydrogen-bond donors (Lipinski definition) is 1. The molecule has 0 aliphatic heterocycles. The fourth-order valence-electron chi connectivity index (χ4n) is 2.38. The SMILES string of the molecule is CNCc1occc1-c1ccc(Cl)c2ccccc12. The Morgan fingerprint density at radius 2 is 1.79 bits per heavy atom. The van der Waals surface area contributed by atoms with Crippen LogP contribution in [0.3, 0.4) is 0 Å². The minimum Gasteiger partial charge on any atom is -0.467 e. The maximum Gasteiger partial charge on any atom is 0.125 e. The second-order valence-electron chi connectivity index (χ2n) is 4.43. The van der Waals surface area contributed by atoms with Gasteiger partial charge in [-0.1, -0.05) is 41.9 Å². The van der Waals surface area contributed by atoms with Crippen LogP contribution in [-0.4, -0.2) is 7.05 Å². The molecule has 0 bridgehead atoms. The van der Waals surface area contributed by atoms with Crippen LogP contribution in [0.15, 0.2) is 53.1 Å². The van der Waals surface area contributed by atoms with Crippen molar-refractivity contribution in [3.05, 3.63) is 59.5 Å². The molecule has 0 unspecified atom stereocenters. The maximum absolute atomic E-state index is 6.26. The molecule has 3 heteroatoms. The predicted molar refractivity (Wildman–Crippen MR) is 79.4 cm³/mol. The molecule has 2 nitrogen and oxygen atoms in total. The molecule has 0 saturated carbocycles. The summed E-state index contributed by atoms with van der Waals surface area (Å²) in [7, 11) is 1.91. The third-order valence-electron chi connectivity index (χ3n) is 3.24. The monoisotopic (exact) mass is 271 g/mol. The molecule has 0 amide bonds. The van der Waals surface area contributed by atoms with E-state index in [1.54, 1.807) is 6.26 Å². The van der Waals surface area contributed by atoms with Gasteiger partial charge in [-0.25, -0.2) is 0 Å². The highest BCUT2D eigenvalue weighted by Crippen LogP contribution is 2.35. The summed E-state index contributed by atoms with van der Waals surface area (Å²) in [5.74, 6) is 0.940. The predicted octanol–water partition coefficient (Wildman–Crippen LogP) is 4.47. The Morgan fingerprint density at radius 3 is 2.58 bits per heavy atom. The van der Waals surface area contributed by atoms with Crippen LogP contribution in [0.5, 0.6) is 0 Å². The topological polar surface area (TPSA) is 25.2 Å². The third-order valence-corrected chi connectivity index (χ3v) is 3.57. The number of benzene rings is 2. The summed E-state index contributed by atoms with van der Waals surface area (Å²) < 4.78 is 5.54. The number of halogens is 1. The van der Waals surface area contributed by atoms with Crippen LogP contribution >= 0.6 is 11.6 Å². The lowest BCUT2D eigenvalue weighted by atomic mass is 9.98. The molecule has 0 spiro atoms. The van der Waals surface area contributed by atoms with Gasteiger partial charge in [-0.3, -0.25) is 0 Å². The van der Waals surface area contributed by atoms with Crippen molar-refractivity contribution in [1.82, 2.24) is 5.32 Å². The Hall–Kier alpha value is -1.77. The van der Waals surface area contributed by atoms with E-state index in [-0.39, 0.29) is 0 Å². The summed E-state index contributed by atoms with van der Waals surface area (Å²) in [4.78, 5) is 0. The summed E-state index contributed by atoms with van der Waals surface area (Å²) in [5, 5.41) is 6.11. The van der Waals surface area contributed by atoms with E-state index in [9.17, 15) is 0 Å². The van der Waals surface area contributed by atoms with E-state index in [1.165, 1.54) is 0 Å². The molecule has 0 fully saturated rings. The normalized spacial score (nSPS) is 11.1. The van der Waals surface area contributed by atoms with E-state index in [4.69, 9.17) is 16.0 Å². The quantitative estimate of drug-likeness (QED) is 0.760. The van der Waals surface area contributed by atoms with Gasteiger partial charge in [0.15, 0.2) is 0 Å². The van der Waals surface area contributed by atoms with E-state index >= 15 is 0 Å². The van der Waals surface area contributed by atoms with Crippen molar-refractivity contribution in [1.29, 1.82) is 0 Å². The van der Waals surface area contributed by atoms with Gasteiger partial charge in [0, 0.05) is 16.0 Å². The van der Waals surface area contributed by atoms with Crippen molar-refractivity contribution in [2.75, 3.05) is 7.05 Å². The molecule has 0 saturated heterocycles. The van der Waals surface area contributed by atoms with E-state index in [0.29, 0.717) is 6.54 Å². The zero-order valence-electron chi connectivity index (χ0n) is 10.6. The number of rotatable bonds is 3. The second-order valence-corrected chi connectivity index (χ2v) is 4.84. The lowest BCUT2D eigenvalue weighted by molar-refractivity contribution is 0.497. The molecule has 1 N–H and O–H groups in total. The first-order valence-corrected chi connectivity index (χ1v) is 6.57. The summed E-state index contributed by atoms with van der Waals surface area (Å²) in [6.07, 6.45) is 1.73. The van der Waals surface area contributed by atoms with Crippen molar-refractivity contribution in [3.63, 3.8) is 0 Å². The summed E-state index contributed by atoms with van der Waals surface area (Å²) >= 11 is 6.26. The lowest BCUT2D eigenvalue weighted by Gasteiger charge is -2.08. The third kappa shape index (κ3) is 2.14. The molecular weight excluding hydrogens is 258 g/mol. The molecule has 1 heterocycles. The summed E-state index contributed by atoms with van der Waals surface area (Å²) in [6, 6.07) is 14.2. The highest BCUT2D eigenvalue weighted by molar-refractivity contribution is 6.36. The molecule has 19 heavy (non-hydrogen) atoms. The van der Waals surface area contributed by atoms with Crippen LogP contribution in [-0.2, 0) is 6.54 Å². The Kier molecular flexibility index (Phi) is 3.28. The highest BCUT2D eigenvalue weighted by Gasteiger charge is 2.12.